The van der Waals surface area contributed by atoms with Crippen LogP contribution >= 0.6 is 0 Å². The number of pyridine rings is 1. The lowest BCUT2D eigenvalue weighted by Crippen LogP contribution is -2.19. The lowest BCUT2D eigenvalue weighted by molar-refractivity contribution is -0.137. The molecule has 1 aliphatic heterocycles. The minimum Gasteiger partial charge on any atom is -0.463 e. The largest absolute Gasteiger partial charge is 0.463 e. The van der Waals surface area contributed by atoms with E-state index in [-0.39, 0.29) is 12.2 Å². The summed E-state index contributed by atoms with van der Waals surface area (Å²) in [4.78, 5) is 15.8. The summed E-state index contributed by atoms with van der Waals surface area (Å²) in [5.41, 5.74) is 1.64. The van der Waals surface area contributed by atoms with Crippen molar-refractivity contribution in [3.8, 4) is 0 Å². The van der Waals surface area contributed by atoms with E-state index in [1.165, 1.54) is 6.08 Å². The first-order chi connectivity index (χ1) is 10.8. The average molecular weight is 301 g/mol. The maximum atomic E-state index is 11.3. The molecule has 3 rings (SSSR count). The van der Waals surface area contributed by atoms with Gasteiger partial charge in [0.05, 0.1) is 12.8 Å². The molecule has 1 atom stereocenters. The van der Waals surface area contributed by atoms with Crippen LogP contribution in [-0.2, 0) is 14.3 Å². The molecule has 1 unspecified atom stereocenters. The van der Waals surface area contributed by atoms with Crippen molar-refractivity contribution in [2.24, 2.45) is 0 Å². The van der Waals surface area contributed by atoms with Crippen LogP contribution in [0.4, 0.5) is 0 Å². The summed E-state index contributed by atoms with van der Waals surface area (Å²) in [6, 6.07) is 1.95. The molecule has 0 amide bonds. The molecule has 0 bridgehead atoms. The Balaban J connectivity index is 1.81. The predicted octanol–water partition coefficient (Wildman–Crippen LogP) is 2.71. The summed E-state index contributed by atoms with van der Waals surface area (Å²) in [5.74, 6) is -0.353. The highest BCUT2D eigenvalue weighted by atomic mass is 16.5. The van der Waals surface area contributed by atoms with Crippen LogP contribution in [0.1, 0.15) is 38.0 Å². The number of fused-ring (bicyclic) bond motifs is 1. The van der Waals surface area contributed by atoms with Crippen LogP contribution in [0.25, 0.3) is 17.1 Å². The normalized spacial score (nSPS) is 18.9. The van der Waals surface area contributed by atoms with E-state index in [1.54, 1.807) is 25.4 Å². The number of carbonyl (C=O) groups is 1. The summed E-state index contributed by atoms with van der Waals surface area (Å²) < 4.78 is 12.4. The lowest BCUT2D eigenvalue weighted by atomic mass is 10.2. The van der Waals surface area contributed by atoms with Crippen molar-refractivity contribution < 1.29 is 14.3 Å². The van der Waals surface area contributed by atoms with E-state index in [2.05, 4.69) is 10.1 Å². The van der Waals surface area contributed by atoms with Gasteiger partial charge in [-0.15, -0.1) is 0 Å². The predicted molar refractivity (Wildman–Crippen MR) is 82.0 cm³/mol. The van der Waals surface area contributed by atoms with Crippen LogP contribution in [0.2, 0.25) is 0 Å². The third-order valence-electron chi connectivity index (χ3n) is 3.58. The Hall–Kier alpha value is -2.21. The number of aromatic nitrogens is 3. The zero-order valence-electron chi connectivity index (χ0n) is 12.6. The molecule has 3 heterocycles. The van der Waals surface area contributed by atoms with Crippen LogP contribution in [0.3, 0.4) is 0 Å². The number of hydrogen-bond acceptors (Lipinski definition) is 5. The van der Waals surface area contributed by atoms with Crippen LogP contribution in [0, 0.1) is 0 Å². The van der Waals surface area contributed by atoms with E-state index in [1.807, 2.05) is 10.7 Å². The third-order valence-corrected chi connectivity index (χ3v) is 3.58. The van der Waals surface area contributed by atoms with Crippen molar-refractivity contribution in [2.75, 3.05) is 13.2 Å². The molecule has 0 N–H and O–H groups in total. The smallest absolute Gasteiger partial charge is 0.330 e. The Labute approximate surface area is 128 Å². The van der Waals surface area contributed by atoms with Gasteiger partial charge in [0.25, 0.3) is 0 Å². The molecule has 1 fully saturated rings. The molecule has 116 valence electrons. The zero-order valence-corrected chi connectivity index (χ0v) is 12.6. The first-order valence-corrected chi connectivity index (χ1v) is 7.57. The van der Waals surface area contributed by atoms with E-state index in [0.717, 1.165) is 42.5 Å². The standard InChI is InChI=1S/C16H19N3O3/c1-2-21-15(20)7-6-12-9-13-11-18-19(16(13)17-10-12)14-5-3-4-8-22-14/h6-7,9-11,14H,2-5,8H2,1H3/b7-6+. The van der Waals surface area contributed by atoms with Gasteiger partial charge in [0.1, 0.15) is 0 Å². The van der Waals surface area contributed by atoms with E-state index in [4.69, 9.17) is 9.47 Å². The van der Waals surface area contributed by atoms with Gasteiger partial charge in [-0.1, -0.05) is 0 Å². The fraction of sp³-hybridized carbons (Fsp3) is 0.438. The molecule has 6 nitrogen and oxygen atoms in total. The average Bonchev–Trinajstić information content (AvgIpc) is 2.97. The van der Waals surface area contributed by atoms with Crippen molar-refractivity contribution in [3.63, 3.8) is 0 Å². The van der Waals surface area contributed by atoms with E-state index in [9.17, 15) is 4.79 Å². The number of carbonyl (C=O) groups excluding carboxylic acids is 1. The zero-order chi connectivity index (χ0) is 15.4. The highest BCUT2D eigenvalue weighted by Crippen LogP contribution is 2.25. The molecule has 6 heteroatoms. The highest BCUT2D eigenvalue weighted by molar-refractivity contribution is 5.88. The summed E-state index contributed by atoms with van der Waals surface area (Å²) >= 11 is 0. The topological polar surface area (TPSA) is 66.2 Å². The van der Waals surface area contributed by atoms with Crippen LogP contribution in [-0.4, -0.2) is 33.9 Å². The third kappa shape index (κ3) is 3.17. The van der Waals surface area contributed by atoms with Gasteiger partial charge in [-0.2, -0.15) is 5.10 Å². The van der Waals surface area contributed by atoms with Crippen molar-refractivity contribution in [1.29, 1.82) is 0 Å². The second-order valence-corrected chi connectivity index (χ2v) is 5.18. The maximum Gasteiger partial charge on any atom is 0.330 e. The Kier molecular flexibility index (Phi) is 4.48. The minimum atomic E-state index is -0.353. The monoisotopic (exact) mass is 301 g/mol. The SMILES string of the molecule is CCOC(=O)/C=C/c1cnc2c(cnn2C2CCCCO2)c1. The Morgan fingerprint density at radius 1 is 1.50 bits per heavy atom. The molecular formula is C16H19N3O3. The van der Waals surface area contributed by atoms with Crippen molar-refractivity contribution in [2.45, 2.75) is 32.4 Å². The fourth-order valence-corrected chi connectivity index (χ4v) is 2.53. The molecule has 2 aromatic heterocycles. The van der Waals surface area contributed by atoms with Gasteiger partial charge in [-0.25, -0.2) is 14.5 Å². The quantitative estimate of drug-likeness (QED) is 0.641. The van der Waals surface area contributed by atoms with E-state index in [0.29, 0.717) is 6.61 Å². The number of hydrogen-bond donors (Lipinski definition) is 0. The summed E-state index contributed by atoms with van der Waals surface area (Å²) in [6.07, 6.45) is 9.78. The van der Waals surface area contributed by atoms with Gasteiger partial charge < -0.3 is 9.47 Å². The lowest BCUT2D eigenvalue weighted by Gasteiger charge is -2.22. The summed E-state index contributed by atoms with van der Waals surface area (Å²) in [5, 5.41) is 5.33. The molecule has 0 aromatic carbocycles. The van der Waals surface area contributed by atoms with E-state index < -0.39 is 0 Å². The van der Waals surface area contributed by atoms with Gasteiger partial charge in [0.15, 0.2) is 11.9 Å². The van der Waals surface area contributed by atoms with Crippen LogP contribution < -0.4 is 0 Å². The molecule has 22 heavy (non-hydrogen) atoms. The van der Waals surface area contributed by atoms with Gasteiger partial charge in [0.2, 0.25) is 0 Å². The summed E-state index contributed by atoms with van der Waals surface area (Å²) in [6.45, 7) is 2.92. The Bertz CT molecular complexity index is 687. The first-order valence-electron chi connectivity index (χ1n) is 7.57. The molecular weight excluding hydrogens is 282 g/mol. The minimum absolute atomic E-state index is 0.0281. The molecule has 0 radical (unpaired) electrons. The number of rotatable bonds is 4. The van der Waals surface area contributed by atoms with Gasteiger partial charge >= 0.3 is 5.97 Å². The highest BCUT2D eigenvalue weighted by Gasteiger charge is 2.19. The molecule has 0 saturated carbocycles. The van der Waals surface area contributed by atoms with Crippen LogP contribution in [0.5, 0.6) is 0 Å². The van der Waals surface area contributed by atoms with Crippen molar-refractivity contribution in [1.82, 2.24) is 14.8 Å². The number of ether oxygens (including phenoxy) is 2. The van der Waals surface area contributed by atoms with Crippen LogP contribution in [0.15, 0.2) is 24.5 Å². The second kappa shape index (κ2) is 6.70. The van der Waals surface area contributed by atoms with Crippen molar-refractivity contribution >= 4 is 23.1 Å². The van der Waals surface area contributed by atoms with Gasteiger partial charge in [0, 0.05) is 24.3 Å². The summed E-state index contributed by atoms with van der Waals surface area (Å²) in [7, 11) is 0. The number of esters is 1. The number of nitrogens with zero attached hydrogens (tertiary/aromatic N) is 3. The Morgan fingerprint density at radius 2 is 2.41 bits per heavy atom. The molecule has 0 spiro atoms. The molecule has 0 aliphatic carbocycles. The van der Waals surface area contributed by atoms with E-state index >= 15 is 0 Å². The molecule has 2 aromatic rings. The van der Waals surface area contributed by atoms with Gasteiger partial charge in [-0.3, -0.25) is 0 Å². The van der Waals surface area contributed by atoms with Gasteiger partial charge in [-0.05, 0) is 43.9 Å². The first kappa shape index (κ1) is 14.7. The van der Waals surface area contributed by atoms with Crippen molar-refractivity contribution in [3.05, 3.63) is 30.1 Å². The molecule has 1 saturated heterocycles. The second-order valence-electron chi connectivity index (χ2n) is 5.18. The maximum absolute atomic E-state index is 11.3. The Morgan fingerprint density at radius 3 is 3.18 bits per heavy atom. The molecule has 1 aliphatic rings. The fourth-order valence-electron chi connectivity index (χ4n) is 2.53.